The Bertz CT molecular complexity index is 982. The minimum atomic E-state index is -0.222. The third-order valence-electron chi connectivity index (χ3n) is 3.49. The number of benzene rings is 2. The summed E-state index contributed by atoms with van der Waals surface area (Å²) in [7, 11) is 1.56. The van der Waals surface area contributed by atoms with Crippen molar-refractivity contribution in [3.8, 4) is 17.6 Å². The third kappa shape index (κ3) is 5.25. The summed E-state index contributed by atoms with van der Waals surface area (Å²) < 4.78 is 16.3. The summed E-state index contributed by atoms with van der Waals surface area (Å²) in [5.41, 5.74) is 1.14. The molecule has 0 aliphatic carbocycles. The van der Waals surface area contributed by atoms with E-state index in [0.29, 0.717) is 28.6 Å². The molecule has 0 spiro atoms. The average molecular weight is 396 g/mol. The number of anilines is 1. The second-order valence-electron chi connectivity index (χ2n) is 5.43. The van der Waals surface area contributed by atoms with Crippen molar-refractivity contribution in [2.75, 3.05) is 18.2 Å². The van der Waals surface area contributed by atoms with Crippen LogP contribution in [-0.2, 0) is 11.4 Å². The summed E-state index contributed by atoms with van der Waals surface area (Å²) in [6.45, 7) is 0.0887. The molecule has 0 aliphatic rings. The van der Waals surface area contributed by atoms with Gasteiger partial charge in [-0.05, 0) is 36.4 Å². The smallest absolute Gasteiger partial charge is 0.277 e. The van der Waals surface area contributed by atoms with Gasteiger partial charge in [0.25, 0.3) is 11.1 Å². The Morgan fingerprint density at radius 3 is 2.64 bits per heavy atom. The molecule has 3 aromatic rings. The summed E-state index contributed by atoms with van der Waals surface area (Å²) >= 11 is 1.12. The number of para-hydroxylation sites is 2. The average Bonchev–Trinajstić information content (AvgIpc) is 3.19. The number of amides is 1. The number of thioether (sulfide) groups is 1. The third-order valence-corrected chi connectivity index (χ3v) is 4.31. The lowest BCUT2D eigenvalue weighted by Gasteiger charge is -2.07. The van der Waals surface area contributed by atoms with Gasteiger partial charge >= 0.3 is 0 Å². The number of aromatic nitrogens is 2. The van der Waals surface area contributed by atoms with Gasteiger partial charge in [-0.1, -0.05) is 23.9 Å². The van der Waals surface area contributed by atoms with E-state index in [1.54, 1.807) is 43.5 Å². The maximum atomic E-state index is 12.0. The molecule has 0 saturated carbocycles. The van der Waals surface area contributed by atoms with Crippen LogP contribution < -0.4 is 14.8 Å². The van der Waals surface area contributed by atoms with Gasteiger partial charge in [-0.25, -0.2) is 0 Å². The van der Waals surface area contributed by atoms with Crippen molar-refractivity contribution in [1.82, 2.24) is 10.2 Å². The largest absolute Gasteiger partial charge is 0.493 e. The Kier molecular flexibility index (Phi) is 6.49. The maximum Gasteiger partial charge on any atom is 0.277 e. The number of nitrogens with one attached hydrogen (secondary N) is 1. The number of carbonyl (C=O) groups is 1. The van der Waals surface area contributed by atoms with E-state index in [2.05, 4.69) is 15.5 Å². The van der Waals surface area contributed by atoms with E-state index < -0.39 is 0 Å². The van der Waals surface area contributed by atoms with Crippen LogP contribution in [0.4, 0.5) is 5.69 Å². The van der Waals surface area contributed by atoms with Crippen molar-refractivity contribution in [3.63, 3.8) is 0 Å². The molecule has 142 valence electrons. The van der Waals surface area contributed by atoms with Crippen molar-refractivity contribution < 1.29 is 18.7 Å². The van der Waals surface area contributed by atoms with Crippen molar-refractivity contribution in [2.45, 2.75) is 11.8 Å². The van der Waals surface area contributed by atoms with Gasteiger partial charge in [0.15, 0.2) is 18.1 Å². The molecule has 0 unspecified atom stereocenters. The van der Waals surface area contributed by atoms with Crippen LogP contribution in [0.15, 0.2) is 58.2 Å². The van der Waals surface area contributed by atoms with E-state index >= 15 is 0 Å². The fourth-order valence-corrected chi connectivity index (χ4v) is 2.77. The summed E-state index contributed by atoms with van der Waals surface area (Å²) in [5, 5.41) is 19.6. The van der Waals surface area contributed by atoms with E-state index in [4.69, 9.17) is 19.2 Å². The summed E-state index contributed by atoms with van der Waals surface area (Å²) in [5.74, 6) is 1.35. The van der Waals surface area contributed by atoms with Crippen molar-refractivity contribution >= 4 is 23.4 Å². The Morgan fingerprint density at radius 1 is 1.18 bits per heavy atom. The number of methoxy groups -OCH3 is 1. The highest BCUT2D eigenvalue weighted by molar-refractivity contribution is 7.99. The molecule has 0 bridgehead atoms. The number of hydrogen-bond donors (Lipinski definition) is 1. The summed E-state index contributed by atoms with van der Waals surface area (Å²) in [6, 6.07) is 15.9. The molecule has 8 nitrogen and oxygen atoms in total. The second kappa shape index (κ2) is 9.43. The first kappa shape index (κ1) is 19.3. The molecular weight excluding hydrogens is 380 g/mol. The van der Waals surface area contributed by atoms with Crippen LogP contribution in [0, 0.1) is 11.3 Å². The van der Waals surface area contributed by atoms with E-state index in [9.17, 15) is 4.79 Å². The molecule has 28 heavy (non-hydrogen) atoms. The number of carbonyl (C=O) groups excluding carboxylic acids is 1. The van der Waals surface area contributed by atoms with Gasteiger partial charge in [-0.2, -0.15) is 5.26 Å². The van der Waals surface area contributed by atoms with Gasteiger partial charge in [0.05, 0.1) is 24.5 Å². The second-order valence-corrected chi connectivity index (χ2v) is 6.35. The SMILES string of the molecule is COc1ccccc1OCc1nnc(SCC(=O)Nc2ccc(C#N)cc2)o1. The highest BCUT2D eigenvalue weighted by atomic mass is 32.2. The molecule has 1 heterocycles. The van der Waals surface area contributed by atoms with Crippen LogP contribution in [0.5, 0.6) is 11.5 Å². The van der Waals surface area contributed by atoms with Gasteiger partial charge in [-0.15, -0.1) is 10.2 Å². The van der Waals surface area contributed by atoms with Crippen LogP contribution in [0.1, 0.15) is 11.5 Å². The monoisotopic (exact) mass is 396 g/mol. The van der Waals surface area contributed by atoms with Crippen LogP contribution in [0.2, 0.25) is 0 Å². The zero-order chi connectivity index (χ0) is 19.8. The zero-order valence-electron chi connectivity index (χ0n) is 14.9. The molecule has 1 N–H and O–H groups in total. The lowest BCUT2D eigenvalue weighted by atomic mass is 10.2. The van der Waals surface area contributed by atoms with Crippen LogP contribution in [-0.4, -0.2) is 29.0 Å². The standard InChI is InChI=1S/C19H16N4O4S/c1-25-15-4-2-3-5-16(15)26-11-18-22-23-19(27-18)28-12-17(24)21-14-8-6-13(10-20)7-9-14/h2-9H,11-12H2,1H3,(H,21,24). The Hall–Kier alpha value is -3.51. The normalized spacial score (nSPS) is 10.1. The van der Waals surface area contributed by atoms with Crippen LogP contribution in [0.3, 0.4) is 0 Å². The quantitative estimate of drug-likeness (QED) is 0.578. The highest BCUT2D eigenvalue weighted by Gasteiger charge is 2.11. The predicted molar refractivity (Wildman–Crippen MR) is 102 cm³/mol. The number of ether oxygens (including phenoxy) is 2. The molecule has 1 aromatic heterocycles. The summed E-state index contributed by atoms with van der Waals surface area (Å²) in [6.07, 6.45) is 0. The molecule has 3 rings (SSSR count). The molecule has 2 aromatic carbocycles. The van der Waals surface area contributed by atoms with E-state index in [0.717, 1.165) is 11.8 Å². The Labute approximate surface area is 165 Å². The van der Waals surface area contributed by atoms with Crippen molar-refractivity contribution in [1.29, 1.82) is 5.26 Å². The fourth-order valence-electron chi connectivity index (χ4n) is 2.18. The first-order valence-electron chi connectivity index (χ1n) is 8.19. The first-order chi connectivity index (χ1) is 13.7. The molecule has 1 amide bonds. The molecule has 0 saturated heterocycles. The Morgan fingerprint density at radius 2 is 1.93 bits per heavy atom. The number of nitriles is 1. The lowest BCUT2D eigenvalue weighted by Crippen LogP contribution is -2.13. The lowest BCUT2D eigenvalue weighted by molar-refractivity contribution is -0.113. The van der Waals surface area contributed by atoms with Crippen molar-refractivity contribution in [3.05, 3.63) is 60.0 Å². The van der Waals surface area contributed by atoms with E-state index in [-0.39, 0.29) is 23.5 Å². The molecule has 0 atom stereocenters. The molecular formula is C19H16N4O4S. The molecule has 0 fully saturated rings. The van der Waals surface area contributed by atoms with Gasteiger partial charge in [-0.3, -0.25) is 4.79 Å². The number of rotatable bonds is 8. The number of hydrogen-bond acceptors (Lipinski definition) is 8. The van der Waals surface area contributed by atoms with E-state index in [1.165, 1.54) is 0 Å². The topological polar surface area (TPSA) is 110 Å². The van der Waals surface area contributed by atoms with Gasteiger partial charge in [0, 0.05) is 5.69 Å². The zero-order valence-corrected chi connectivity index (χ0v) is 15.7. The minimum Gasteiger partial charge on any atom is -0.493 e. The summed E-state index contributed by atoms with van der Waals surface area (Å²) in [4.78, 5) is 12.0. The molecule has 9 heteroatoms. The minimum absolute atomic E-state index is 0.0887. The van der Waals surface area contributed by atoms with Crippen molar-refractivity contribution in [2.24, 2.45) is 0 Å². The van der Waals surface area contributed by atoms with Crippen LogP contribution >= 0.6 is 11.8 Å². The highest BCUT2D eigenvalue weighted by Crippen LogP contribution is 2.26. The number of nitrogens with zero attached hydrogens (tertiary/aromatic N) is 3. The predicted octanol–water partition coefficient (Wildman–Crippen LogP) is 3.26. The van der Waals surface area contributed by atoms with Gasteiger partial charge < -0.3 is 19.2 Å². The first-order valence-corrected chi connectivity index (χ1v) is 9.17. The molecule has 0 aliphatic heterocycles. The fraction of sp³-hybridized carbons (Fsp3) is 0.158. The van der Waals surface area contributed by atoms with Gasteiger partial charge in [0.2, 0.25) is 5.91 Å². The maximum absolute atomic E-state index is 12.0. The van der Waals surface area contributed by atoms with Crippen LogP contribution in [0.25, 0.3) is 0 Å². The van der Waals surface area contributed by atoms with E-state index in [1.807, 2.05) is 18.2 Å². The Balaban J connectivity index is 1.47. The molecule has 0 radical (unpaired) electrons. The van der Waals surface area contributed by atoms with Gasteiger partial charge in [0.1, 0.15) is 0 Å².